The van der Waals surface area contributed by atoms with E-state index in [9.17, 15) is 4.79 Å². The van der Waals surface area contributed by atoms with Crippen molar-refractivity contribution >= 4 is 18.0 Å². The molecular formula is C9H10OS. The number of carbonyl (C=O) groups is 1. The zero-order chi connectivity index (χ0) is 8.10. The van der Waals surface area contributed by atoms with Crippen LogP contribution in [-0.4, -0.2) is 12.5 Å². The first-order valence-electron chi connectivity index (χ1n) is 3.40. The fourth-order valence-electron chi connectivity index (χ4n) is 0.936. The molecule has 0 N–H and O–H groups in total. The molecule has 0 saturated heterocycles. The molecule has 1 nitrogen and oxygen atoms in total. The van der Waals surface area contributed by atoms with Crippen LogP contribution in [0.1, 0.15) is 15.9 Å². The normalized spacial score (nSPS) is 9.55. The second-order valence-corrected chi connectivity index (χ2v) is 3.12. The molecule has 0 aliphatic rings. The molecule has 2 heteroatoms. The highest BCUT2D eigenvalue weighted by atomic mass is 32.2. The third kappa shape index (κ3) is 2.09. The molecule has 1 aromatic carbocycles. The zero-order valence-electron chi connectivity index (χ0n) is 6.41. The molecule has 0 unspecified atom stereocenters. The Hall–Kier alpha value is -0.760. The molecule has 0 aliphatic heterocycles. The minimum Gasteiger partial charge on any atom is -0.298 e. The van der Waals surface area contributed by atoms with Crippen molar-refractivity contribution in [3.05, 3.63) is 35.4 Å². The van der Waals surface area contributed by atoms with Gasteiger partial charge in [-0.05, 0) is 11.8 Å². The lowest BCUT2D eigenvalue weighted by molar-refractivity contribution is 0.112. The maximum atomic E-state index is 10.5. The summed E-state index contributed by atoms with van der Waals surface area (Å²) in [7, 11) is 0. The van der Waals surface area contributed by atoms with Gasteiger partial charge in [-0.3, -0.25) is 4.79 Å². The van der Waals surface area contributed by atoms with Crippen molar-refractivity contribution in [2.24, 2.45) is 0 Å². The zero-order valence-corrected chi connectivity index (χ0v) is 7.23. The van der Waals surface area contributed by atoms with Crippen LogP contribution in [0.4, 0.5) is 0 Å². The average Bonchev–Trinajstić information content (AvgIpc) is 2.06. The highest BCUT2D eigenvalue weighted by Crippen LogP contribution is 2.12. The number of rotatable bonds is 3. The van der Waals surface area contributed by atoms with Gasteiger partial charge in [0.05, 0.1) is 0 Å². The minimum absolute atomic E-state index is 0.807. The summed E-state index contributed by atoms with van der Waals surface area (Å²) in [6, 6.07) is 7.67. The number of hydrogen-bond donors (Lipinski definition) is 0. The van der Waals surface area contributed by atoms with Gasteiger partial charge in [-0.25, -0.2) is 0 Å². The summed E-state index contributed by atoms with van der Waals surface area (Å²) in [5.74, 6) is 0.912. The van der Waals surface area contributed by atoms with E-state index in [-0.39, 0.29) is 0 Å². The molecule has 0 radical (unpaired) electrons. The van der Waals surface area contributed by atoms with Gasteiger partial charge in [-0.1, -0.05) is 24.3 Å². The summed E-state index contributed by atoms with van der Waals surface area (Å²) in [4.78, 5) is 10.5. The van der Waals surface area contributed by atoms with Crippen LogP contribution in [0, 0.1) is 0 Å². The van der Waals surface area contributed by atoms with E-state index >= 15 is 0 Å². The van der Waals surface area contributed by atoms with Gasteiger partial charge in [0.25, 0.3) is 0 Å². The first-order chi connectivity index (χ1) is 5.38. The van der Waals surface area contributed by atoms with Crippen LogP contribution in [0.5, 0.6) is 0 Å². The summed E-state index contributed by atoms with van der Waals surface area (Å²) in [5.41, 5.74) is 1.93. The minimum atomic E-state index is 0.807. The highest BCUT2D eigenvalue weighted by molar-refractivity contribution is 7.97. The molecule has 0 atom stereocenters. The SMILES string of the molecule is CSCc1ccccc1C=O. The van der Waals surface area contributed by atoms with Gasteiger partial charge in [0, 0.05) is 11.3 Å². The van der Waals surface area contributed by atoms with E-state index in [0.717, 1.165) is 23.2 Å². The summed E-state index contributed by atoms with van der Waals surface area (Å²) < 4.78 is 0. The van der Waals surface area contributed by atoms with E-state index in [1.165, 1.54) is 0 Å². The van der Waals surface area contributed by atoms with Gasteiger partial charge < -0.3 is 0 Å². The summed E-state index contributed by atoms with van der Waals surface area (Å²) in [6.45, 7) is 0. The van der Waals surface area contributed by atoms with Gasteiger partial charge in [-0.15, -0.1) is 0 Å². The predicted octanol–water partition coefficient (Wildman–Crippen LogP) is 2.36. The topological polar surface area (TPSA) is 17.1 Å². The van der Waals surface area contributed by atoms with E-state index in [1.54, 1.807) is 11.8 Å². The fourth-order valence-corrected chi connectivity index (χ4v) is 1.51. The van der Waals surface area contributed by atoms with Crippen molar-refractivity contribution < 1.29 is 4.79 Å². The third-order valence-corrected chi connectivity index (χ3v) is 2.08. The first-order valence-corrected chi connectivity index (χ1v) is 4.80. The van der Waals surface area contributed by atoms with E-state index in [0.29, 0.717) is 0 Å². The molecule has 11 heavy (non-hydrogen) atoms. The van der Waals surface area contributed by atoms with Crippen molar-refractivity contribution in [2.75, 3.05) is 6.26 Å². The molecule has 0 fully saturated rings. The molecule has 1 rings (SSSR count). The quantitative estimate of drug-likeness (QED) is 0.641. The van der Waals surface area contributed by atoms with Gasteiger partial charge in [0.1, 0.15) is 6.29 Å². The van der Waals surface area contributed by atoms with Crippen molar-refractivity contribution in [2.45, 2.75) is 5.75 Å². The standard InChI is InChI=1S/C9H10OS/c1-11-7-9-5-3-2-4-8(9)6-10/h2-6H,7H2,1H3. The Balaban J connectivity index is 2.92. The van der Waals surface area contributed by atoms with Crippen LogP contribution in [-0.2, 0) is 5.75 Å². The van der Waals surface area contributed by atoms with E-state index in [1.807, 2.05) is 30.5 Å². The van der Waals surface area contributed by atoms with Crippen LogP contribution in [0.2, 0.25) is 0 Å². The molecule has 0 aromatic heterocycles. The van der Waals surface area contributed by atoms with Crippen LogP contribution >= 0.6 is 11.8 Å². The second-order valence-electron chi connectivity index (χ2n) is 2.25. The highest BCUT2D eigenvalue weighted by Gasteiger charge is 1.97. The van der Waals surface area contributed by atoms with Crippen LogP contribution in [0.15, 0.2) is 24.3 Å². The number of hydrogen-bond acceptors (Lipinski definition) is 2. The van der Waals surface area contributed by atoms with Crippen LogP contribution in [0.25, 0.3) is 0 Å². The molecular weight excluding hydrogens is 156 g/mol. The van der Waals surface area contributed by atoms with Gasteiger partial charge in [-0.2, -0.15) is 11.8 Å². The lowest BCUT2D eigenvalue weighted by Gasteiger charge is -1.99. The summed E-state index contributed by atoms with van der Waals surface area (Å²) in [6.07, 6.45) is 2.94. The molecule has 0 saturated carbocycles. The Morgan fingerprint density at radius 1 is 1.45 bits per heavy atom. The van der Waals surface area contributed by atoms with Gasteiger partial charge >= 0.3 is 0 Å². The Bertz CT molecular complexity index is 245. The third-order valence-electron chi connectivity index (χ3n) is 1.48. The lowest BCUT2D eigenvalue weighted by Crippen LogP contribution is -1.88. The van der Waals surface area contributed by atoms with Crippen molar-refractivity contribution in [1.82, 2.24) is 0 Å². The van der Waals surface area contributed by atoms with E-state index in [2.05, 4.69) is 0 Å². The number of thioether (sulfide) groups is 1. The summed E-state index contributed by atoms with van der Waals surface area (Å²) in [5, 5.41) is 0. The van der Waals surface area contributed by atoms with Crippen molar-refractivity contribution in [3.8, 4) is 0 Å². The van der Waals surface area contributed by atoms with E-state index in [4.69, 9.17) is 0 Å². The first kappa shape index (κ1) is 8.34. The second kappa shape index (κ2) is 4.19. The smallest absolute Gasteiger partial charge is 0.150 e. The molecule has 0 spiro atoms. The molecule has 0 amide bonds. The monoisotopic (exact) mass is 166 g/mol. The maximum absolute atomic E-state index is 10.5. The molecule has 0 bridgehead atoms. The summed E-state index contributed by atoms with van der Waals surface area (Å²) >= 11 is 1.73. The predicted molar refractivity (Wildman–Crippen MR) is 49.0 cm³/mol. The van der Waals surface area contributed by atoms with Gasteiger partial charge in [0.15, 0.2) is 0 Å². The van der Waals surface area contributed by atoms with E-state index < -0.39 is 0 Å². The molecule has 1 aromatic rings. The van der Waals surface area contributed by atoms with Crippen molar-refractivity contribution in [1.29, 1.82) is 0 Å². The Kier molecular flexibility index (Phi) is 3.17. The number of aldehydes is 1. The Labute approximate surface area is 70.8 Å². The fraction of sp³-hybridized carbons (Fsp3) is 0.222. The average molecular weight is 166 g/mol. The van der Waals surface area contributed by atoms with Crippen LogP contribution < -0.4 is 0 Å². The Morgan fingerprint density at radius 3 is 2.82 bits per heavy atom. The van der Waals surface area contributed by atoms with Gasteiger partial charge in [0.2, 0.25) is 0 Å². The maximum Gasteiger partial charge on any atom is 0.150 e. The Morgan fingerprint density at radius 2 is 2.18 bits per heavy atom. The molecule has 0 aliphatic carbocycles. The lowest BCUT2D eigenvalue weighted by atomic mass is 10.1. The molecule has 0 heterocycles. The molecule has 58 valence electrons. The number of benzene rings is 1. The number of carbonyl (C=O) groups excluding carboxylic acids is 1. The van der Waals surface area contributed by atoms with Crippen molar-refractivity contribution in [3.63, 3.8) is 0 Å². The van der Waals surface area contributed by atoms with Crippen LogP contribution in [0.3, 0.4) is 0 Å². The largest absolute Gasteiger partial charge is 0.298 e.